The topological polar surface area (TPSA) is 60.9 Å². The minimum absolute atomic E-state index is 0.144. The number of aryl methyl sites for hydroxylation is 1. The number of aromatic amines is 1. The third kappa shape index (κ3) is 4.04. The van der Waals surface area contributed by atoms with Crippen molar-refractivity contribution in [1.82, 2.24) is 9.88 Å². The molecule has 0 radical (unpaired) electrons. The SMILES string of the molecule is Cc1cccc2[nH]c(O)c(C=Nc3ccc(OCC4CCCN(C)C4)cc3)c12. The minimum atomic E-state index is 0.144. The van der Waals surface area contributed by atoms with Gasteiger partial charge in [0.1, 0.15) is 5.75 Å². The highest BCUT2D eigenvalue weighted by Crippen LogP contribution is 2.29. The van der Waals surface area contributed by atoms with Gasteiger partial charge in [0.25, 0.3) is 0 Å². The van der Waals surface area contributed by atoms with Crippen LogP contribution in [0.25, 0.3) is 10.9 Å². The molecule has 1 fully saturated rings. The van der Waals surface area contributed by atoms with Crippen molar-refractivity contribution in [3.63, 3.8) is 0 Å². The lowest BCUT2D eigenvalue weighted by atomic mass is 10.00. The lowest BCUT2D eigenvalue weighted by molar-refractivity contribution is 0.150. The molecule has 1 saturated heterocycles. The summed E-state index contributed by atoms with van der Waals surface area (Å²) in [5, 5.41) is 11.2. The zero-order chi connectivity index (χ0) is 19.5. The standard InChI is InChI=1S/C23H27N3O2/c1-16-5-3-7-21-22(16)20(23(27)25-21)13-24-18-8-10-19(11-9-18)28-15-17-6-4-12-26(2)14-17/h3,5,7-11,13,17,25,27H,4,6,12,14-15H2,1-2H3. The van der Waals surface area contributed by atoms with Crippen molar-refractivity contribution in [3.8, 4) is 11.6 Å². The number of fused-ring (bicyclic) bond motifs is 1. The van der Waals surface area contributed by atoms with Crippen molar-refractivity contribution in [2.24, 2.45) is 10.9 Å². The van der Waals surface area contributed by atoms with Gasteiger partial charge < -0.3 is 19.7 Å². The summed E-state index contributed by atoms with van der Waals surface area (Å²) in [7, 11) is 2.17. The van der Waals surface area contributed by atoms with Gasteiger partial charge in [0, 0.05) is 29.6 Å². The highest BCUT2D eigenvalue weighted by molar-refractivity contribution is 6.04. The number of nitrogens with one attached hydrogen (secondary N) is 1. The fourth-order valence-electron chi connectivity index (χ4n) is 3.96. The Labute approximate surface area is 165 Å². The second-order valence-corrected chi connectivity index (χ2v) is 7.72. The van der Waals surface area contributed by atoms with Crippen LogP contribution in [0.1, 0.15) is 24.0 Å². The first-order valence-electron chi connectivity index (χ1n) is 9.86. The highest BCUT2D eigenvalue weighted by Gasteiger charge is 2.17. The van der Waals surface area contributed by atoms with Crippen LogP contribution in [0.15, 0.2) is 47.5 Å². The van der Waals surface area contributed by atoms with Gasteiger partial charge in [-0.15, -0.1) is 0 Å². The molecule has 0 amide bonds. The summed E-state index contributed by atoms with van der Waals surface area (Å²) >= 11 is 0. The molecule has 2 aromatic carbocycles. The van der Waals surface area contributed by atoms with Crippen LogP contribution in [0.2, 0.25) is 0 Å². The Balaban J connectivity index is 1.43. The maximum atomic E-state index is 10.2. The Morgan fingerprint density at radius 3 is 2.86 bits per heavy atom. The molecule has 5 nitrogen and oxygen atoms in total. The lowest BCUT2D eigenvalue weighted by Crippen LogP contribution is -2.34. The number of aliphatic imine (C=N–C) groups is 1. The quantitative estimate of drug-likeness (QED) is 0.636. The molecule has 2 heterocycles. The van der Waals surface area contributed by atoms with Crippen molar-refractivity contribution >= 4 is 22.8 Å². The van der Waals surface area contributed by atoms with E-state index in [4.69, 9.17) is 4.74 Å². The van der Waals surface area contributed by atoms with E-state index in [1.807, 2.05) is 49.4 Å². The van der Waals surface area contributed by atoms with Gasteiger partial charge in [-0.2, -0.15) is 0 Å². The molecule has 5 heteroatoms. The summed E-state index contributed by atoms with van der Waals surface area (Å²) < 4.78 is 5.97. The lowest BCUT2D eigenvalue weighted by Gasteiger charge is -2.29. The number of rotatable bonds is 5. The van der Waals surface area contributed by atoms with E-state index in [2.05, 4.69) is 21.9 Å². The molecule has 1 aliphatic rings. The molecule has 3 aromatic rings. The summed E-state index contributed by atoms with van der Waals surface area (Å²) in [6.07, 6.45) is 4.20. The molecule has 1 unspecified atom stereocenters. The second kappa shape index (κ2) is 8.07. The van der Waals surface area contributed by atoms with Crippen molar-refractivity contribution in [3.05, 3.63) is 53.6 Å². The van der Waals surface area contributed by atoms with Crippen molar-refractivity contribution in [2.45, 2.75) is 19.8 Å². The van der Waals surface area contributed by atoms with E-state index in [-0.39, 0.29) is 5.88 Å². The van der Waals surface area contributed by atoms with E-state index >= 15 is 0 Å². The molecule has 4 rings (SSSR count). The van der Waals surface area contributed by atoms with E-state index in [1.54, 1.807) is 6.21 Å². The maximum absolute atomic E-state index is 10.2. The van der Waals surface area contributed by atoms with E-state index in [9.17, 15) is 5.11 Å². The Morgan fingerprint density at radius 2 is 2.07 bits per heavy atom. The third-order valence-electron chi connectivity index (χ3n) is 5.44. The van der Waals surface area contributed by atoms with Crippen molar-refractivity contribution < 1.29 is 9.84 Å². The predicted molar refractivity (Wildman–Crippen MR) is 114 cm³/mol. The average Bonchev–Trinajstić information content (AvgIpc) is 3.02. The smallest absolute Gasteiger partial charge is 0.198 e. The minimum Gasteiger partial charge on any atom is -0.494 e. The van der Waals surface area contributed by atoms with Crippen LogP contribution in [0.5, 0.6) is 11.6 Å². The fraction of sp³-hybridized carbons (Fsp3) is 0.348. The molecular formula is C23H27N3O2. The average molecular weight is 377 g/mol. The molecule has 1 atom stereocenters. The predicted octanol–water partition coefficient (Wildman–Crippen LogP) is 4.65. The maximum Gasteiger partial charge on any atom is 0.198 e. The largest absolute Gasteiger partial charge is 0.494 e. The van der Waals surface area contributed by atoms with Gasteiger partial charge in [-0.25, -0.2) is 0 Å². The summed E-state index contributed by atoms with van der Waals surface area (Å²) in [5.41, 5.74) is 3.56. The number of ether oxygens (including phenoxy) is 1. The van der Waals surface area contributed by atoms with E-state index in [1.165, 1.54) is 19.4 Å². The highest BCUT2D eigenvalue weighted by atomic mass is 16.5. The van der Waals surface area contributed by atoms with E-state index in [0.717, 1.165) is 46.6 Å². The Bertz CT molecular complexity index is 975. The fourth-order valence-corrected chi connectivity index (χ4v) is 3.96. The Hall–Kier alpha value is -2.79. The van der Waals surface area contributed by atoms with Crippen LogP contribution in [0, 0.1) is 12.8 Å². The summed E-state index contributed by atoms with van der Waals surface area (Å²) in [6.45, 7) is 5.09. The molecule has 28 heavy (non-hydrogen) atoms. The molecule has 0 spiro atoms. The first-order chi connectivity index (χ1) is 13.6. The molecule has 1 aliphatic heterocycles. The number of piperidine rings is 1. The van der Waals surface area contributed by atoms with Gasteiger partial charge in [-0.05, 0) is 69.3 Å². The van der Waals surface area contributed by atoms with Gasteiger partial charge in [0.05, 0.1) is 17.9 Å². The second-order valence-electron chi connectivity index (χ2n) is 7.72. The number of nitrogens with zero attached hydrogens (tertiary/aromatic N) is 2. The molecule has 1 aromatic heterocycles. The van der Waals surface area contributed by atoms with Crippen LogP contribution in [-0.4, -0.2) is 47.9 Å². The molecule has 146 valence electrons. The molecular weight excluding hydrogens is 350 g/mol. The van der Waals surface area contributed by atoms with E-state index < -0.39 is 0 Å². The van der Waals surface area contributed by atoms with Gasteiger partial charge in [0.15, 0.2) is 5.88 Å². The monoisotopic (exact) mass is 377 g/mol. The number of hydrogen-bond acceptors (Lipinski definition) is 4. The van der Waals surface area contributed by atoms with Crippen LogP contribution < -0.4 is 4.74 Å². The number of H-pyrrole nitrogens is 1. The number of aromatic hydroxyl groups is 1. The molecule has 0 aliphatic carbocycles. The molecule has 0 saturated carbocycles. The van der Waals surface area contributed by atoms with Crippen LogP contribution in [0.4, 0.5) is 5.69 Å². The number of aromatic nitrogens is 1. The molecule has 0 bridgehead atoms. The Morgan fingerprint density at radius 1 is 1.25 bits per heavy atom. The van der Waals surface area contributed by atoms with Gasteiger partial charge in [-0.1, -0.05) is 12.1 Å². The third-order valence-corrected chi connectivity index (χ3v) is 5.44. The van der Waals surface area contributed by atoms with Crippen molar-refractivity contribution in [1.29, 1.82) is 0 Å². The Kier molecular flexibility index (Phi) is 5.35. The zero-order valence-electron chi connectivity index (χ0n) is 16.5. The summed E-state index contributed by atoms with van der Waals surface area (Å²) in [4.78, 5) is 9.91. The van der Waals surface area contributed by atoms with E-state index in [0.29, 0.717) is 5.92 Å². The number of hydrogen-bond donors (Lipinski definition) is 2. The summed E-state index contributed by atoms with van der Waals surface area (Å²) in [5.74, 6) is 1.62. The van der Waals surface area contributed by atoms with Gasteiger partial charge in [0.2, 0.25) is 0 Å². The van der Waals surface area contributed by atoms with Gasteiger partial charge in [-0.3, -0.25) is 4.99 Å². The first kappa shape index (κ1) is 18.6. The van der Waals surface area contributed by atoms with Crippen LogP contribution >= 0.6 is 0 Å². The van der Waals surface area contributed by atoms with Gasteiger partial charge >= 0.3 is 0 Å². The van der Waals surface area contributed by atoms with Crippen LogP contribution in [0.3, 0.4) is 0 Å². The first-order valence-corrected chi connectivity index (χ1v) is 9.86. The normalized spacial score (nSPS) is 18.1. The zero-order valence-corrected chi connectivity index (χ0v) is 16.5. The molecule has 2 N–H and O–H groups in total. The summed E-state index contributed by atoms with van der Waals surface area (Å²) in [6, 6.07) is 13.8. The van der Waals surface area contributed by atoms with Crippen molar-refractivity contribution in [2.75, 3.05) is 26.7 Å². The number of likely N-dealkylation sites (tertiary alicyclic amines) is 1. The van der Waals surface area contributed by atoms with Crippen LogP contribution in [-0.2, 0) is 0 Å². The number of benzene rings is 2.